The SMILES string of the molecule is Cc1cccnc1-c1[c]nc2ccccc2c1. The van der Waals surface area contributed by atoms with Crippen LogP contribution in [0.1, 0.15) is 5.56 Å². The van der Waals surface area contributed by atoms with Crippen molar-refractivity contribution in [2.45, 2.75) is 6.92 Å². The fourth-order valence-electron chi connectivity index (χ4n) is 1.91. The summed E-state index contributed by atoms with van der Waals surface area (Å²) in [4.78, 5) is 8.72. The molecule has 0 N–H and O–H groups in total. The van der Waals surface area contributed by atoms with Gasteiger partial charge in [0.05, 0.1) is 17.4 Å². The lowest BCUT2D eigenvalue weighted by Crippen LogP contribution is -1.89. The summed E-state index contributed by atoms with van der Waals surface area (Å²) in [5, 5.41) is 1.12. The zero-order valence-electron chi connectivity index (χ0n) is 9.51. The molecule has 0 atom stereocenters. The molecule has 2 aromatic heterocycles. The van der Waals surface area contributed by atoms with Crippen LogP contribution in [0.15, 0.2) is 48.7 Å². The first kappa shape index (κ1) is 9.97. The monoisotopic (exact) mass is 219 g/mol. The van der Waals surface area contributed by atoms with Crippen molar-refractivity contribution in [3.63, 3.8) is 0 Å². The van der Waals surface area contributed by atoms with Gasteiger partial charge in [-0.25, -0.2) is 4.98 Å². The van der Waals surface area contributed by atoms with E-state index in [9.17, 15) is 0 Å². The third-order valence-corrected chi connectivity index (χ3v) is 2.80. The number of rotatable bonds is 1. The van der Waals surface area contributed by atoms with Crippen LogP contribution >= 0.6 is 0 Å². The second-order valence-corrected chi connectivity index (χ2v) is 4.01. The van der Waals surface area contributed by atoms with Crippen LogP contribution in [-0.2, 0) is 0 Å². The topological polar surface area (TPSA) is 25.8 Å². The van der Waals surface area contributed by atoms with Crippen LogP contribution < -0.4 is 0 Å². The Hall–Kier alpha value is -2.22. The lowest BCUT2D eigenvalue weighted by atomic mass is 10.1. The number of hydrogen-bond donors (Lipinski definition) is 0. The second kappa shape index (κ2) is 3.98. The highest BCUT2D eigenvalue weighted by atomic mass is 14.7. The number of para-hydroxylation sites is 1. The highest BCUT2D eigenvalue weighted by Gasteiger charge is 2.04. The number of aryl methyl sites for hydroxylation is 1. The van der Waals surface area contributed by atoms with Crippen molar-refractivity contribution >= 4 is 10.9 Å². The van der Waals surface area contributed by atoms with Gasteiger partial charge in [-0.15, -0.1) is 0 Å². The van der Waals surface area contributed by atoms with E-state index in [1.54, 1.807) is 6.20 Å². The van der Waals surface area contributed by atoms with Gasteiger partial charge in [0.1, 0.15) is 0 Å². The molecule has 0 spiro atoms. The third kappa shape index (κ3) is 1.78. The Morgan fingerprint density at radius 2 is 1.94 bits per heavy atom. The number of pyridine rings is 2. The average Bonchev–Trinajstić information content (AvgIpc) is 2.39. The largest absolute Gasteiger partial charge is 0.256 e. The number of aromatic nitrogens is 2. The van der Waals surface area contributed by atoms with Gasteiger partial charge in [0, 0.05) is 17.1 Å². The Bertz CT molecular complexity index is 674. The number of fused-ring (bicyclic) bond motifs is 1. The zero-order valence-corrected chi connectivity index (χ0v) is 9.51. The summed E-state index contributed by atoms with van der Waals surface area (Å²) in [6.07, 6.45) is 4.85. The van der Waals surface area contributed by atoms with Gasteiger partial charge in [0.15, 0.2) is 0 Å². The van der Waals surface area contributed by atoms with Crippen molar-refractivity contribution in [2.24, 2.45) is 0 Å². The molecule has 0 aliphatic rings. The number of benzene rings is 1. The molecule has 1 aromatic carbocycles. The molecule has 0 fully saturated rings. The first-order valence-electron chi connectivity index (χ1n) is 5.54. The Morgan fingerprint density at radius 3 is 2.82 bits per heavy atom. The summed E-state index contributed by atoms with van der Waals surface area (Å²) in [5.74, 6) is 0. The van der Waals surface area contributed by atoms with Crippen molar-refractivity contribution in [1.82, 2.24) is 9.97 Å². The van der Waals surface area contributed by atoms with Crippen molar-refractivity contribution in [3.05, 3.63) is 60.4 Å². The van der Waals surface area contributed by atoms with E-state index >= 15 is 0 Å². The van der Waals surface area contributed by atoms with Gasteiger partial charge in [0.2, 0.25) is 0 Å². The lowest BCUT2D eigenvalue weighted by Gasteiger charge is -2.04. The molecular formula is C15H11N2. The number of nitrogens with zero attached hydrogens (tertiary/aromatic N) is 2. The maximum Gasteiger partial charge on any atom is 0.0995 e. The summed E-state index contributed by atoms with van der Waals surface area (Å²) in [5.41, 5.74) is 4.00. The summed E-state index contributed by atoms with van der Waals surface area (Å²) >= 11 is 0. The van der Waals surface area contributed by atoms with Crippen LogP contribution in [0.3, 0.4) is 0 Å². The summed E-state index contributed by atoms with van der Waals surface area (Å²) in [6.45, 7) is 2.05. The fourth-order valence-corrected chi connectivity index (χ4v) is 1.91. The normalized spacial score (nSPS) is 10.6. The molecule has 1 radical (unpaired) electrons. The minimum Gasteiger partial charge on any atom is -0.256 e. The quantitative estimate of drug-likeness (QED) is 0.626. The van der Waals surface area contributed by atoms with Crippen LogP contribution in [0.4, 0.5) is 0 Å². The van der Waals surface area contributed by atoms with E-state index in [1.807, 2.05) is 37.3 Å². The summed E-state index contributed by atoms with van der Waals surface area (Å²) < 4.78 is 0. The molecule has 3 rings (SSSR count). The van der Waals surface area contributed by atoms with Gasteiger partial charge in [-0.2, -0.15) is 0 Å². The van der Waals surface area contributed by atoms with Crippen LogP contribution in [0.5, 0.6) is 0 Å². The number of hydrogen-bond acceptors (Lipinski definition) is 2. The van der Waals surface area contributed by atoms with Crippen molar-refractivity contribution in [3.8, 4) is 11.3 Å². The van der Waals surface area contributed by atoms with E-state index < -0.39 is 0 Å². The first-order valence-corrected chi connectivity index (χ1v) is 5.54. The second-order valence-electron chi connectivity index (χ2n) is 4.01. The first-order chi connectivity index (χ1) is 8.34. The molecule has 0 bridgehead atoms. The van der Waals surface area contributed by atoms with Gasteiger partial charge in [-0.3, -0.25) is 4.98 Å². The van der Waals surface area contributed by atoms with Gasteiger partial charge in [0.25, 0.3) is 0 Å². The maximum absolute atomic E-state index is 4.38. The van der Waals surface area contributed by atoms with E-state index in [4.69, 9.17) is 0 Å². The molecule has 0 saturated carbocycles. The Labute approximate surface area is 100.0 Å². The van der Waals surface area contributed by atoms with Gasteiger partial charge < -0.3 is 0 Å². The van der Waals surface area contributed by atoms with Crippen molar-refractivity contribution in [1.29, 1.82) is 0 Å². The molecular weight excluding hydrogens is 208 g/mol. The standard InChI is InChI=1S/C15H11N2/c1-11-5-4-8-16-15(11)13-9-12-6-2-3-7-14(12)17-10-13/h2-9H,1H3. The van der Waals surface area contributed by atoms with Crippen molar-refractivity contribution in [2.75, 3.05) is 0 Å². The molecule has 0 saturated heterocycles. The van der Waals surface area contributed by atoms with Gasteiger partial charge in [-0.05, 0) is 30.7 Å². The fraction of sp³-hybridized carbons (Fsp3) is 0.0667. The molecule has 0 unspecified atom stereocenters. The third-order valence-electron chi connectivity index (χ3n) is 2.80. The van der Waals surface area contributed by atoms with Crippen LogP contribution in [0.2, 0.25) is 0 Å². The highest BCUT2D eigenvalue weighted by molar-refractivity contribution is 5.82. The summed E-state index contributed by atoms with van der Waals surface area (Å²) in [7, 11) is 0. The van der Waals surface area contributed by atoms with Crippen LogP contribution in [0, 0.1) is 13.1 Å². The Balaban J connectivity index is 2.22. The predicted molar refractivity (Wildman–Crippen MR) is 68.5 cm³/mol. The Morgan fingerprint density at radius 1 is 1.06 bits per heavy atom. The highest BCUT2D eigenvalue weighted by Crippen LogP contribution is 2.22. The summed E-state index contributed by atoms with van der Waals surface area (Å²) in [6, 6.07) is 14.1. The molecule has 2 heteroatoms. The Kier molecular flexibility index (Phi) is 2.33. The zero-order chi connectivity index (χ0) is 11.7. The van der Waals surface area contributed by atoms with E-state index in [-0.39, 0.29) is 0 Å². The van der Waals surface area contributed by atoms with Crippen LogP contribution in [-0.4, -0.2) is 9.97 Å². The predicted octanol–water partition coefficient (Wildman–Crippen LogP) is 3.41. The van der Waals surface area contributed by atoms with E-state index in [0.29, 0.717) is 0 Å². The molecule has 0 amide bonds. The molecule has 17 heavy (non-hydrogen) atoms. The molecule has 3 aromatic rings. The average molecular weight is 219 g/mol. The molecule has 81 valence electrons. The van der Waals surface area contributed by atoms with E-state index in [1.165, 1.54) is 0 Å². The minimum absolute atomic E-state index is 0.946. The van der Waals surface area contributed by atoms with Gasteiger partial charge in [-0.1, -0.05) is 24.3 Å². The molecule has 0 aliphatic heterocycles. The molecule has 2 nitrogen and oxygen atoms in total. The van der Waals surface area contributed by atoms with Crippen LogP contribution in [0.25, 0.3) is 22.2 Å². The maximum atomic E-state index is 4.38. The minimum atomic E-state index is 0.946. The van der Waals surface area contributed by atoms with E-state index in [0.717, 1.165) is 27.7 Å². The van der Waals surface area contributed by atoms with E-state index in [2.05, 4.69) is 28.3 Å². The smallest absolute Gasteiger partial charge is 0.0995 e. The van der Waals surface area contributed by atoms with Crippen molar-refractivity contribution < 1.29 is 0 Å². The molecule has 2 heterocycles. The molecule has 0 aliphatic carbocycles. The van der Waals surface area contributed by atoms with Gasteiger partial charge >= 0.3 is 0 Å². The lowest BCUT2D eigenvalue weighted by molar-refractivity contribution is 1.25.